The van der Waals surface area contributed by atoms with Crippen LogP contribution >= 0.6 is 0 Å². The number of carboxylic acids is 1. The highest BCUT2D eigenvalue weighted by Gasteiger charge is 2.29. The van der Waals surface area contributed by atoms with Crippen molar-refractivity contribution in [1.82, 2.24) is 0 Å². The van der Waals surface area contributed by atoms with Gasteiger partial charge in [0.1, 0.15) is 5.75 Å². The summed E-state index contributed by atoms with van der Waals surface area (Å²) in [6, 6.07) is 3.40. The molecule has 0 aliphatic carbocycles. The van der Waals surface area contributed by atoms with Gasteiger partial charge in [0.15, 0.2) is 0 Å². The second-order valence-corrected chi connectivity index (χ2v) is 7.10. The Morgan fingerprint density at radius 1 is 1.00 bits per heavy atom. The number of aliphatic carboxylic acids is 1. The van der Waals surface area contributed by atoms with Crippen molar-refractivity contribution in [3.63, 3.8) is 0 Å². The van der Waals surface area contributed by atoms with Crippen LogP contribution in [0.1, 0.15) is 58.2 Å². The molecule has 0 aliphatic heterocycles. The second kappa shape index (κ2) is 5.31. The lowest BCUT2D eigenvalue weighted by Crippen LogP contribution is -2.23. The van der Waals surface area contributed by atoms with Gasteiger partial charge in [-0.25, -0.2) is 4.79 Å². The first-order valence-electron chi connectivity index (χ1n) is 6.72. The smallest absolute Gasteiger partial charge is 0.328 e. The number of hydrogen-bond acceptors (Lipinski definition) is 2. The van der Waals surface area contributed by atoms with Gasteiger partial charge in [-0.1, -0.05) is 47.6 Å². The van der Waals surface area contributed by atoms with E-state index in [-0.39, 0.29) is 16.6 Å². The lowest BCUT2D eigenvalue weighted by atomic mass is 9.72. The highest BCUT2D eigenvalue weighted by atomic mass is 16.4. The van der Waals surface area contributed by atoms with Crippen molar-refractivity contribution in [2.24, 2.45) is 0 Å². The molecule has 2 N–H and O–H groups in total. The molecule has 0 aromatic heterocycles. The molecule has 0 bridgehead atoms. The van der Waals surface area contributed by atoms with E-state index in [4.69, 9.17) is 5.11 Å². The lowest BCUT2D eigenvalue weighted by molar-refractivity contribution is -0.131. The Morgan fingerprint density at radius 3 is 1.90 bits per heavy atom. The van der Waals surface area contributed by atoms with Crippen LogP contribution in [0.4, 0.5) is 0 Å². The van der Waals surface area contributed by atoms with Crippen LogP contribution in [0.15, 0.2) is 18.2 Å². The monoisotopic (exact) mass is 276 g/mol. The summed E-state index contributed by atoms with van der Waals surface area (Å²) in [5, 5.41) is 19.1. The number of hydrogen-bond donors (Lipinski definition) is 2. The van der Waals surface area contributed by atoms with Crippen molar-refractivity contribution < 1.29 is 15.0 Å². The normalized spacial score (nSPS) is 12.9. The number of aromatic hydroxyl groups is 1. The van der Waals surface area contributed by atoms with E-state index in [1.54, 1.807) is 18.2 Å². The predicted octanol–water partition coefficient (Wildman–Crippen LogP) is 4.09. The van der Waals surface area contributed by atoms with E-state index in [2.05, 4.69) is 20.8 Å². The summed E-state index contributed by atoms with van der Waals surface area (Å²) in [4.78, 5) is 10.7. The molecule has 0 heterocycles. The molecule has 3 heteroatoms. The molecular weight excluding hydrogens is 252 g/mol. The average molecular weight is 276 g/mol. The number of benzene rings is 1. The van der Waals surface area contributed by atoms with Crippen molar-refractivity contribution in [1.29, 1.82) is 0 Å². The summed E-state index contributed by atoms with van der Waals surface area (Å²) in [5.74, 6) is -0.717. The minimum atomic E-state index is -0.977. The minimum Gasteiger partial charge on any atom is -0.508 e. The van der Waals surface area contributed by atoms with Gasteiger partial charge in [-0.05, 0) is 34.1 Å². The molecule has 0 saturated carbocycles. The van der Waals surface area contributed by atoms with E-state index < -0.39 is 5.97 Å². The molecule has 3 nitrogen and oxygen atoms in total. The number of phenolic OH excluding ortho intramolecular Hbond substituents is 1. The Labute approximate surface area is 121 Å². The molecule has 0 atom stereocenters. The van der Waals surface area contributed by atoms with Gasteiger partial charge < -0.3 is 10.2 Å². The molecule has 110 valence electrons. The van der Waals surface area contributed by atoms with Crippen LogP contribution in [0.5, 0.6) is 5.75 Å². The Kier molecular flexibility index (Phi) is 4.33. The summed E-state index contributed by atoms with van der Waals surface area (Å²) in [6.45, 7) is 12.3. The molecule has 1 aromatic carbocycles. The number of rotatable bonds is 2. The third-order valence-corrected chi connectivity index (χ3v) is 3.12. The molecular formula is C17H24O3. The molecule has 1 aromatic rings. The van der Waals surface area contributed by atoms with Crippen molar-refractivity contribution in [2.75, 3.05) is 0 Å². The molecule has 0 unspecified atom stereocenters. The van der Waals surface area contributed by atoms with Gasteiger partial charge in [-0.3, -0.25) is 0 Å². The quantitative estimate of drug-likeness (QED) is 0.800. The van der Waals surface area contributed by atoms with Crippen LogP contribution in [-0.4, -0.2) is 16.2 Å². The molecule has 0 radical (unpaired) electrons. The van der Waals surface area contributed by atoms with Gasteiger partial charge in [0.25, 0.3) is 0 Å². The van der Waals surface area contributed by atoms with Gasteiger partial charge in [0.2, 0.25) is 0 Å². The third kappa shape index (κ3) is 3.62. The Morgan fingerprint density at radius 2 is 1.50 bits per heavy atom. The first-order chi connectivity index (χ1) is 8.94. The van der Waals surface area contributed by atoms with E-state index in [0.29, 0.717) is 0 Å². The lowest BCUT2D eigenvalue weighted by Gasteiger charge is -2.32. The van der Waals surface area contributed by atoms with Crippen LogP contribution < -0.4 is 0 Å². The zero-order valence-electron chi connectivity index (χ0n) is 13.1. The first kappa shape index (κ1) is 16.3. The van der Waals surface area contributed by atoms with Crippen molar-refractivity contribution in [3.8, 4) is 5.75 Å². The Balaban J connectivity index is 3.68. The zero-order chi connectivity index (χ0) is 15.7. The average Bonchev–Trinajstić information content (AvgIpc) is 2.23. The highest BCUT2D eigenvalue weighted by Crippen LogP contribution is 2.41. The highest BCUT2D eigenvalue weighted by molar-refractivity contribution is 5.86. The van der Waals surface area contributed by atoms with Gasteiger partial charge in [0.05, 0.1) is 0 Å². The van der Waals surface area contributed by atoms with Crippen LogP contribution in [0, 0.1) is 0 Å². The Hall–Kier alpha value is -1.77. The second-order valence-electron chi connectivity index (χ2n) is 7.10. The molecule has 0 fully saturated rings. The Bertz CT molecular complexity index is 541. The van der Waals surface area contributed by atoms with E-state index >= 15 is 0 Å². The number of phenols is 1. The first-order valence-corrected chi connectivity index (χ1v) is 6.72. The molecule has 0 saturated heterocycles. The minimum absolute atomic E-state index is 0.195. The third-order valence-electron chi connectivity index (χ3n) is 3.12. The van der Waals surface area contributed by atoms with Crippen LogP contribution in [0.3, 0.4) is 0 Å². The molecule has 0 amide bonds. The van der Waals surface area contributed by atoms with Gasteiger partial charge in [0, 0.05) is 11.6 Å². The van der Waals surface area contributed by atoms with Gasteiger partial charge in [-0.15, -0.1) is 0 Å². The largest absolute Gasteiger partial charge is 0.508 e. The molecule has 20 heavy (non-hydrogen) atoms. The molecule has 1 rings (SSSR count). The summed E-state index contributed by atoms with van der Waals surface area (Å²) < 4.78 is 0. The van der Waals surface area contributed by atoms with Crippen molar-refractivity contribution >= 4 is 12.0 Å². The van der Waals surface area contributed by atoms with Gasteiger partial charge >= 0.3 is 5.97 Å². The van der Waals surface area contributed by atoms with Crippen molar-refractivity contribution in [3.05, 3.63) is 34.9 Å². The van der Waals surface area contributed by atoms with E-state index in [1.807, 2.05) is 20.8 Å². The summed E-state index contributed by atoms with van der Waals surface area (Å²) in [7, 11) is 0. The molecule has 0 spiro atoms. The maximum Gasteiger partial charge on any atom is 0.328 e. The van der Waals surface area contributed by atoms with Gasteiger partial charge in [-0.2, -0.15) is 0 Å². The fourth-order valence-electron chi connectivity index (χ4n) is 2.47. The fourth-order valence-corrected chi connectivity index (χ4v) is 2.47. The van der Waals surface area contributed by atoms with Crippen LogP contribution in [-0.2, 0) is 15.6 Å². The number of carboxylic acid groups (broad SMARTS) is 1. The number of carbonyl (C=O) groups is 1. The topological polar surface area (TPSA) is 57.5 Å². The fraction of sp³-hybridized carbons (Fsp3) is 0.471. The summed E-state index contributed by atoms with van der Waals surface area (Å²) in [6.07, 6.45) is 2.73. The molecule has 0 aliphatic rings. The standard InChI is InChI=1S/C17H24O3/c1-16(2,3)14-11(8-10-13(19)20)7-9-12(18)15(14)17(4,5)6/h7-10,18H,1-6H3,(H,19,20)/b10-8+. The zero-order valence-corrected chi connectivity index (χ0v) is 13.1. The van der Waals surface area contributed by atoms with Crippen LogP contribution in [0.2, 0.25) is 0 Å². The maximum absolute atomic E-state index is 10.7. The predicted molar refractivity (Wildman–Crippen MR) is 82.2 cm³/mol. The SMILES string of the molecule is CC(C)(C)c1c(O)ccc(/C=C/C(=O)O)c1C(C)(C)C. The maximum atomic E-state index is 10.7. The van der Waals surface area contributed by atoms with E-state index in [9.17, 15) is 9.90 Å². The summed E-state index contributed by atoms with van der Waals surface area (Å²) >= 11 is 0. The van der Waals surface area contributed by atoms with E-state index in [1.165, 1.54) is 0 Å². The van der Waals surface area contributed by atoms with Crippen LogP contribution in [0.25, 0.3) is 6.08 Å². The summed E-state index contributed by atoms with van der Waals surface area (Å²) in [5.41, 5.74) is 2.28. The van der Waals surface area contributed by atoms with E-state index in [0.717, 1.165) is 22.8 Å². The van der Waals surface area contributed by atoms with Crippen molar-refractivity contribution in [2.45, 2.75) is 52.4 Å².